The number of hydrogen-bond donors (Lipinski definition) is 1. The van der Waals surface area contributed by atoms with Crippen LogP contribution in [0.2, 0.25) is 0 Å². The van der Waals surface area contributed by atoms with Crippen molar-refractivity contribution in [2.75, 3.05) is 12.8 Å². The zero-order chi connectivity index (χ0) is 15.2. The van der Waals surface area contributed by atoms with Crippen LogP contribution in [0.5, 0.6) is 0 Å². The molecule has 0 amide bonds. The lowest BCUT2D eigenvalue weighted by molar-refractivity contribution is 0.185. The fraction of sp³-hybridized carbons (Fsp3) is 0.471. The van der Waals surface area contributed by atoms with Crippen LogP contribution in [0.3, 0.4) is 0 Å². The van der Waals surface area contributed by atoms with E-state index in [0.29, 0.717) is 6.61 Å². The molecule has 0 unspecified atom stereocenters. The third-order valence-electron chi connectivity index (χ3n) is 3.55. The summed E-state index contributed by atoms with van der Waals surface area (Å²) >= 11 is 0. The first kappa shape index (κ1) is 15.6. The molecule has 114 valence electrons. The molecule has 2 rings (SSSR count). The third-order valence-corrected chi connectivity index (χ3v) is 3.55. The Hall–Kier alpha value is -1.81. The molecule has 0 saturated carbocycles. The minimum Gasteiger partial charge on any atom is -0.383 e. The van der Waals surface area contributed by atoms with E-state index in [1.807, 2.05) is 0 Å². The SMILES string of the molecule is CCCc1nc(-c2ccc(COC)cc2)c(N)n1CCC. The summed E-state index contributed by atoms with van der Waals surface area (Å²) in [5.41, 5.74) is 9.45. The maximum atomic E-state index is 6.33. The van der Waals surface area contributed by atoms with Gasteiger partial charge in [-0.1, -0.05) is 38.1 Å². The highest BCUT2D eigenvalue weighted by molar-refractivity contribution is 5.71. The Bertz CT molecular complexity index is 572. The zero-order valence-corrected chi connectivity index (χ0v) is 13.2. The Labute approximate surface area is 127 Å². The summed E-state index contributed by atoms with van der Waals surface area (Å²) in [5, 5.41) is 0. The smallest absolute Gasteiger partial charge is 0.131 e. The number of imidazole rings is 1. The van der Waals surface area contributed by atoms with Gasteiger partial charge in [0.15, 0.2) is 0 Å². The Kier molecular flexibility index (Phi) is 5.39. The van der Waals surface area contributed by atoms with Crippen LogP contribution in [0.25, 0.3) is 11.3 Å². The number of anilines is 1. The first-order valence-electron chi connectivity index (χ1n) is 7.64. The van der Waals surface area contributed by atoms with Gasteiger partial charge in [-0.15, -0.1) is 0 Å². The summed E-state index contributed by atoms with van der Waals surface area (Å²) in [6, 6.07) is 8.27. The summed E-state index contributed by atoms with van der Waals surface area (Å²) in [6.45, 7) is 5.88. The van der Waals surface area contributed by atoms with Crippen molar-refractivity contribution < 1.29 is 4.74 Å². The summed E-state index contributed by atoms with van der Waals surface area (Å²) in [6.07, 6.45) is 3.10. The van der Waals surface area contributed by atoms with Crippen LogP contribution < -0.4 is 5.73 Å². The second-order valence-corrected chi connectivity index (χ2v) is 5.29. The molecule has 4 heteroatoms. The van der Waals surface area contributed by atoms with Crippen LogP contribution >= 0.6 is 0 Å². The highest BCUT2D eigenvalue weighted by Crippen LogP contribution is 2.27. The van der Waals surface area contributed by atoms with Crippen LogP contribution in [-0.2, 0) is 24.3 Å². The lowest BCUT2D eigenvalue weighted by Gasteiger charge is -2.07. The number of ether oxygens (including phenoxy) is 1. The van der Waals surface area contributed by atoms with Gasteiger partial charge < -0.3 is 15.0 Å². The van der Waals surface area contributed by atoms with Gasteiger partial charge in [-0.25, -0.2) is 4.98 Å². The molecule has 0 fully saturated rings. The van der Waals surface area contributed by atoms with E-state index in [9.17, 15) is 0 Å². The molecule has 0 atom stereocenters. The molecule has 1 aromatic heterocycles. The van der Waals surface area contributed by atoms with Gasteiger partial charge in [0.25, 0.3) is 0 Å². The average Bonchev–Trinajstić information content (AvgIpc) is 2.79. The van der Waals surface area contributed by atoms with Crippen LogP contribution in [0, 0.1) is 0 Å². The molecular weight excluding hydrogens is 262 g/mol. The van der Waals surface area contributed by atoms with Crippen molar-refractivity contribution in [3.05, 3.63) is 35.7 Å². The van der Waals surface area contributed by atoms with Crippen molar-refractivity contribution in [3.8, 4) is 11.3 Å². The molecule has 2 aromatic rings. The molecule has 0 aliphatic rings. The van der Waals surface area contributed by atoms with Gasteiger partial charge in [0.05, 0.1) is 6.61 Å². The number of nitrogen functional groups attached to an aromatic ring is 1. The molecule has 21 heavy (non-hydrogen) atoms. The zero-order valence-electron chi connectivity index (χ0n) is 13.2. The lowest BCUT2D eigenvalue weighted by atomic mass is 10.1. The topological polar surface area (TPSA) is 53.1 Å². The molecule has 0 bridgehead atoms. The molecule has 0 radical (unpaired) electrons. The quantitative estimate of drug-likeness (QED) is 0.846. The monoisotopic (exact) mass is 287 g/mol. The van der Waals surface area contributed by atoms with Crippen LogP contribution in [0.1, 0.15) is 38.1 Å². The number of nitrogens with zero attached hydrogens (tertiary/aromatic N) is 2. The third kappa shape index (κ3) is 3.45. The molecule has 1 heterocycles. The van der Waals surface area contributed by atoms with E-state index in [1.54, 1.807) is 7.11 Å². The van der Waals surface area contributed by atoms with Gasteiger partial charge >= 0.3 is 0 Å². The predicted octanol–water partition coefficient (Wildman–Crippen LogP) is 3.64. The second kappa shape index (κ2) is 7.27. The van der Waals surface area contributed by atoms with Gasteiger partial charge in [-0.3, -0.25) is 0 Å². The van der Waals surface area contributed by atoms with E-state index in [0.717, 1.165) is 54.3 Å². The molecule has 0 aliphatic heterocycles. The number of methoxy groups -OCH3 is 1. The second-order valence-electron chi connectivity index (χ2n) is 5.29. The maximum Gasteiger partial charge on any atom is 0.131 e. The Morgan fingerprint density at radius 2 is 1.86 bits per heavy atom. The number of aromatic nitrogens is 2. The Morgan fingerprint density at radius 1 is 1.14 bits per heavy atom. The van der Waals surface area contributed by atoms with Crippen LogP contribution in [0.4, 0.5) is 5.82 Å². The average molecular weight is 287 g/mol. The van der Waals surface area contributed by atoms with Gasteiger partial charge in [-0.05, 0) is 18.4 Å². The highest BCUT2D eigenvalue weighted by atomic mass is 16.5. The van der Waals surface area contributed by atoms with Crippen molar-refractivity contribution in [2.24, 2.45) is 0 Å². The minimum atomic E-state index is 0.626. The van der Waals surface area contributed by atoms with E-state index in [1.165, 1.54) is 0 Å². The van der Waals surface area contributed by atoms with Gasteiger partial charge in [0.1, 0.15) is 17.3 Å². The number of hydrogen-bond acceptors (Lipinski definition) is 3. The highest BCUT2D eigenvalue weighted by Gasteiger charge is 2.15. The molecule has 4 nitrogen and oxygen atoms in total. The van der Waals surface area contributed by atoms with Gasteiger partial charge in [0.2, 0.25) is 0 Å². The normalized spacial score (nSPS) is 11.0. The predicted molar refractivity (Wildman–Crippen MR) is 87.1 cm³/mol. The molecule has 1 aromatic carbocycles. The van der Waals surface area contributed by atoms with Crippen molar-refractivity contribution in [2.45, 2.75) is 46.3 Å². The first-order chi connectivity index (χ1) is 10.2. The van der Waals surface area contributed by atoms with E-state index in [2.05, 4.69) is 42.7 Å². The Balaban J connectivity index is 2.36. The lowest BCUT2D eigenvalue weighted by Crippen LogP contribution is -2.06. The number of nitrogens with two attached hydrogens (primary N) is 1. The van der Waals surface area contributed by atoms with Crippen LogP contribution in [-0.4, -0.2) is 16.7 Å². The maximum absolute atomic E-state index is 6.33. The fourth-order valence-corrected chi connectivity index (χ4v) is 2.54. The van der Waals surface area contributed by atoms with Crippen molar-refractivity contribution >= 4 is 5.82 Å². The largest absolute Gasteiger partial charge is 0.383 e. The summed E-state index contributed by atoms with van der Waals surface area (Å²) in [5.74, 6) is 1.87. The van der Waals surface area contributed by atoms with Crippen molar-refractivity contribution in [1.82, 2.24) is 9.55 Å². The van der Waals surface area contributed by atoms with Gasteiger partial charge in [-0.2, -0.15) is 0 Å². The number of benzene rings is 1. The number of aryl methyl sites for hydroxylation is 1. The Morgan fingerprint density at radius 3 is 2.43 bits per heavy atom. The van der Waals surface area contributed by atoms with E-state index in [4.69, 9.17) is 15.5 Å². The molecule has 0 saturated heterocycles. The first-order valence-corrected chi connectivity index (χ1v) is 7.64. The standard InChI is InChI=1S/C17H25N3O/c1-4-6-15-19-16(17(18)20(15)11-5-2)14-9-7-13(8-10-14)12-21-3/h7-10H,4-6,11-12,18H2,1-3H3. The summed E-state index contributed by atoms with van der Waals surface area (Å²) < 4.78 is 7.29. The van der Waals surface area contributed by atoms with Crippen molar-refractivity contribution in [1.29, 1.82) is 0 Å². The van der Waals surface area contributed by atoms with Gasteiger partial charge in [0, 0.05) is 25.6 Å². The van der Waals surface area contributed by atoms with E-state index in [-0.39, 0.29) is 0 Å². The van der Waals surface area contributed by atoms with E-state index >= 15 is 0 Å². The van der Waals surface area contributed by atoms with E-state index < -0.39 is 0 Å². The summed E-state index contributed by atoms with van der Waals surface area (Å²) in [7, 11) is 1.70. The molecule has 0 spiro atoms. The molecule has 0 aliphatic carbocycles. The minimum absolute atomic E-state index is 0.626. The summed E-state index contributed by atoms with van der Waals surface area (Å²) in [4.78, 5) is 4.77. The molecular formula is C17H25N3O. The fourth-order valence-electron chi connectivity index (χ4n) is 2.54. The molecule has 2 N–H and O–H groups in total. The number of rotatable bonds is 7. The van der Waals surface area contributed by atoms with Crippen molar-refractivity contribution in [3.63, 3.8) is 0 Å². The van der Waals surface area contributed by atoms with Crippen LogP contribution in [0.15, 0.2) is 24.3 Å².